The first-order chi connectivity index (χ1) is 11.7. The molecule has 0 saturated carbocycles. The van der Waals surface area contributed by atoms with Crippen LogP contribution in [-0.4, -0.2) is 31.1 Å². The van der Waals surface area contributed by atoms with Gasteiger partial charge in [-0.25, -0.2) is 0 Å². The van der Waals surface area contributed by atoms with E-state index in [0.717, 1.165) is 37.4 Å². The predicted molar refractivity (Wildman–Crippen MR) is 97.7 cm³/mol. The molecule has 0 saturated heterocycles. The Labute approximate surface area is 145 Å². The van der Waals surface area contributed by atoms with Crippen LogP contribution in [0.25, 0.3) is 0 Å². The average Bonchev–Trinajstić information content (AvgIpc) is 2.60. The number of aryl methyl sites for hydroxylation is 1. The maximum atomic E-state index is 6.22. The van der Waals surface area contributed by atoms with E-state index in [2.05, 4.69) is 43.1 Å². The topological polar surface area (TPSA) is 21.7 Å². The first kappa shape index (κ1) is 16.8. The minimum absolute atomic E-state index is 0.276. The number of benzene rings is 2. The number of hydrogen-bond acceptors (Lipinski definition) is 3. The van der Waals surface area contributed by atoms with Crippen LogP contribution in [0.4, 0.5) is 0 Å². The van der Waals surface area contributed by atoms with Gasteiger partial charge in [0.2, 0.25) is 0 Å². The summed E-state index contributed by atoms with van der Waals surface area (Å²) in [6.45, 7) is 4.90. The van der Waals surface area contributed by atoms with Crippen LogP contribution in [0.15, 0.2) is 48.5 Å². The van der Waals surface area contributed by atoms with Crippen molar-refractivity contribution < 1.29 is 9.47 Å². The summed E-state index contributed by atoms with van der Waals surface area (Å²) in [6.07, 6.45) is 3.63. The molecule has 0 aliphatic carbocycles. The summed E-state index contributed by atoms with van der Waals surface area (Å²) in [5.74, 6) is 1.86. The molecule has 0 aromatic heterocycles. The van der Waals surface area contributed by atoms with Crippen LogP contribution in [0, 0.1) is 0 Å². The smallest absolute Gasteiger partial charge is 0.126 e. The lowest BCUT2D eigenvalue weighted by atomic mass is 10.0. The molecule has 0 amide bonds. The second kappa shape index (κ2) is 8.20. The van der Waals surface area contributed by atoms with Crippen molar-refractivity contribution in [2.24, 2.45) is 0 Å². The molecule has 1 aliphatic rings. The normalized spacial score (nSPS) is 16.5. The molecule has 0 N–H and O–H groups in total. The minimum Gasteiger partial charge on any atom is -0.489 e. The molecule has 3 rings (SSSR count). The van der Waals surface area contributed by atoms with E-state index in [-0.39, 0.29) is 6.10 Å². The second-order valence-electron chi connectivity index (χ2n) is 6.58. The van der Waals surface area contributed by atoms with Gasteiger partial charge in [-0.15, -0.1) is 0 Å². The fraction of sp³-hybridized carbons (Fsp3) is 0.429. The maximum absolute atomic E-state index is 6.22. The van der Waals surface area contributed by atoms with E-state index in [1.54, 1.807) is 0 Å². The molecule has 24 heavy (non-hydrogen) atoms. The van der Waals surface area contributed by atoms with Crippen molar-refractivity contribution in [3.63, 3.8) is 0 Å². The van der Waals surface area contributed by atoms with E-state index in [4.69, 9.17) is 9.47 Å². The number of fused-ring (bicyclic) bond motifs is 1. The SMILES string of the molecule is CCCN(C)CC1CCc2ccc(OCc3ccccc3)cc2O1. The van der Waals surface area contributed by atoms with Crippen molar-refractivity contribution >= 4 is 0 Å². The molecule has 3 heteroatoms. The van der Waals surface area contributed by atoms with Crippen LogP contribution in [0.2, 0.25) is 0 Å². The van der Waals surface area contributed by atoms with Gasteiger partial charge in [0.05, 0.1) is 0 Å². The quantitative estimate of drug-likeness (QED) is 0.757. The van der Waals surface area contributed by atoms with Crippen molar-refractivity contribution in [1.29, 1.82) is 0 Å². The highest BCUT2D eigenvalue weighted by atomic mass is 16.5. The molecule has 0 bridgehead atoms. The lowest BCUT2D eigenvalue weighted by Gasteiger charge is -2.29. The Bertz CT molecular complexity index is 642. The van der Waals surface area contributed by atoms with Gasteiger partial charge >= 0.3 is 0 Å². The van der Waals surface area contributed by atoms with Crippen LogP contribution in [0.5, 0.6) is 11.5 Å². The van der Waals surface area contributed by atoms with E-state index in [1.165, 1.54) is 17.5 Å². The zero-order valence-electron chi connectivity index (χ0n) is 14.7. The molecule has 128 valence electrons. The van der Waals surface area contributed by atoms with Crippen LogP contribution in [0.1, 0.15) is 30.9 Å². The summed E-state index contributed by atoms with van der Waals surface area (Å²) in [5.41, 5.74) is 2.46. The third-order valence-electron chi connectivity index (χ3n) is 4.44. The summed E-state index contributed by atoms with van der Waals surface area (Å²) < 4.78 is 12.1. The van der Waals surface area contributed by atoms with Crippen molar-refractivity contribution in [2.45, 2.75) is 38.9 Å². The average molecular weight is 325 g/mol. The molecule has 0 radical (unpaired) electrons. The Hall–Kier alpha value is -2.00. The fourth-order valence-corrected chi connectivity index (χ4v) is 3.19. The minimum atomic E-state index is 0.276. The lowest BCUT2D eigenvalue weighted by Crippen LogP contribution is -2.35. The predicted octanol–water partition coefficient (Wildman–Crippen LogP) is 4.30. The molecule has 2 aromatic carbocycles. The molecule has 0 spiro atoms. The number of ether oxygens (including phenoxy) is 2. The van der Waals surface area contributed by atoms with E-state index in [0.29, 0.717) is 6.61 Å². The first-order valence-corrected chi connectivity index (χ1v) is 8.89. The van der Waals surface area contributed by atoms with E-state index < -0.39 is 0 Å². The third kappa shape index (κ3) is 4.51. The molecule has 0 fully saturated rings. The summed E-state index contributed by atoms with van der Waals surface area (Å²) in [5, 5.41) is 0. The summed E-state index contributed by atoms with van der Waals surface area (Å²) in [6, 6.07) is 16.5. The van der Waals surface area contributed by atoms with Crippen molar-refractivity contribution in [3.05, 3.63) is 59.7 Å². The van der Waals surface area contributed by atoms with Crippen molar-refractivity contribution in [1.82, 2.24) is 4.90 Å². The number of rotatable bonds is 7. The molecule has 1 atom stereocenters. The lowest BCUT2D eigenvalue weighted by molar-refractivity contribution is 0.126. The fourth-order valence-electron chi connectivity index (χ4n) is 3.19. The van der Waals surface area contributed by atoms with E-state index in [9.17, 15) is 0 Å². The number of nitrogens with zero attached hydrogens (tertiary/aromatic N) is 1. The zero-order valence-corrected chi connectivity index (χ0v) is 14.7. The van der Waals surface area contributed by atoms with Crippen LogP contribution in [0.3, 0.4) is 0 Å². The van der Waals surface area contributed by atoms with Crippen LogP contribution in [-0.2, 0) is 13.0 Å². The number of hydrogen-bond donors (Lipinski definition) is 0. The first-order valence-electron chi connectivity index (χ1n) is 8.89. The van der Waals surface area contributed by atoms with Gasteiger partial charge in [0, 0.05) is 12.6 Å². The Morgan fingerprint density at radius 1 is 1.17 bits per heavy atom. The van der Waals surface area contributed by atoms with Crippen molar-refractivity contribution in [2.75, 3.05) is 20.1 Å². The van der Waals surface area contributed by atoms with Gasteiger partial charge < -0.3 is 14.4 Å². The van der Waals surface area contributed by atoms with Gasteiger partial charge in [-0.1, -0.05) is 43.3 Å². The largest absolute Gasteiger partial charge is 0.489 e. The molecule has 1 aliphatic heterocycles. The van der Waals surface area contributed by atoms with Crippen LogP contribution >= 0.6 is 0 Å². The maximum Gasteiger partial charge on any atom is 0.126 e. The Morgan fingerprint density at radius 3 is 2.79 bits per heavy atom. The Kier molecular flexibility index (Phi) is 5.76. The Balaban J connectivity index is 1.60. The van der Waals surface area contributed by atoms with Crippen molar-refractivity contribution in [3.8, 4) is 11.5 Å². The van der Waals surface area contributed by atoms with Crippen LogP contribution < -0.4 is 9.47 Å². The third-order valence-corrected chi connectivity index (χ3v) is 4.44. The van der Waals surface area contributed by atoms with Gasteiger partial charge in [-0.2, -0.15) is 0 Å². The number of likely N-dealkylation sites (N-methyl/N-ethyl adjacent to an activating group) is 1. The standard InChI is InChI=1S/C21H27NO2/c1-3-13-22(2)15-20-12-10-18-9-11-19(14-21(18)24-20)23-16-17-7-5-4-6-8-17/h4-9,11,14,20H,3,10,12-13,15-16H2,1-2H3. The summed E-state index contributed by atoms with van der Waals surface area (Å²) in [7, 11) is 2.17. The van der Waals surface area contributed by atoms with Gasteiger partial charge in [-0.3, -0.25) is 0 Å². The molecule has 1 unspecified atom stereocenters. The highest BCUT2D eigenvalue weighted by molar-refractivity contribution is 5.42. The molecule has 2 aromatic rings. The molecule has 1 heterocycles. The zero-order chi connectivity index (χ0) is 16.8. The molecular formula is C21H27NO2. The van der Waals surface area contributed by atoms with E-state index >= 15 is 0 Å². The highest BCUT2D eigenvalue weighted by Crippen LogP contribution is 2.31. The highest BCUT2D eigenvalue weighted by Gasteiger charge is 2.21. The second-order valence-corrected chi connectivity index (χ2v) is 6.58. The Morgan fingerprint density at radius 2 is 2.00 bits per heavy atom. The van der Waals surface area contributed by atoms with E-state index in [1.807, 2.05) is 24.3 Å². The van der Waals surface area contributed by atoms with Gasteiger partial charge in [0.25, 0.3) is 0 Å². The summed E-state index contributed by atoms with van der Waals surface area (Å²) in [4.78, 5) is 2.35. The molecular weight excluding hydrogens is 298 g/mol. The van der Waals surface area contributed by atoms with Gasteiger partial charge in [0.1, 0.15) is 24.2 Å². The monoisotopic (exact) mass is 325 g/mol. The van der Waals surface area contributed by atoms with Gasteiger partial charge in [0.15, 0.2) is 0 Å². The molecule has 3 nitrogen and oxygen atoms in total. The van der Waals surface area contributed by atoms with Gasteiger partial charge in [-0.05, 0) is 50.0 Å². The summed E-state index contributed by atoms with van der Waals surface area (Å²) >= 11 is 0.